The first-order chi connectivity index (χ1) is 14.3. The quantitative estimate of drug-likeness (QED) is 0.696. The summed E-state index contributed by atoms with van der Waals surface area (Å²) < 4.78 is 29.1. The van der Waals surface area contributed by atoms with Crippen LogP contribution in [0.15, 0.2) is 42.5 Å². The first-order valence-electron chi connectivity index (χ1n) is 9.43. The molecule has 0 saturated carbocycles. The lowest BCUT2D eigenvalue weighted by Crippen LogP contribution is -2.50. The number of anilines is 1. The second kappa shape index (κ2) is 7.37. The van der Waals surface area contributed by atoms with Gasteiger partial charge in [-0.25, -0.2) is 8.78 Å². The first kappa shape index (κ1) is 19.8. The van der Waals surface area contributed by atoms with Gasteiger partial charge in [-0.05, 0) is 43.7 Å². The van der Waals surface area contributed by atoms with Gasteiger partial charge in [-0.3, -0.25) is 14.3 Å². The predicted octanol–water partition coefficient (Wildman–Crippen LogP) is 3.20. The summed E-state index contributed by atoms with van der Waals surface area (Å²) in [7, 11) is 1.68. The maximum Gasteiger partial charge on any atom is 0.251 e. The summed E-state index contributed by atoms with van der Waals surface area (Å²) in [5.74, 6) is -3.17. The molecule has 0 bridgehead atoms. The van der Waals surface area contributed by atoms with Gasteiger partial charge in [-0.15, -0.1) is 0 Å². The minimum atomic E-state index is -1.03. The van der Waals surface area contributed by atoms with Crippen LogP contribution >= 0.6 is 0 Å². The summed E-state index contributed by atoms with van der Waals surface area (Å²) in [6, 6.07) is 9.39. The largest absolute Gasteiger partial charge is 0.339 e. The van der Waals surface area contributed by atoms with Crippen molar-refractivity contribution < 1.29 is 18.4 Å². The molecule has 2 heterocycles. The standard InChI is InChI=1S/C22H20F2N4O2/c1-11-4-6-13(7-5-11)21(29)25-19-18(14-8-9-15(23)16(24)10-14)17-12(2)27-28(3)20(17)26-22(19)30/h4-10,18-19H,1-3H3,(H,25,29)(H,26,30)/t18-,19-/m1/s1. The molecule has 3 aromatic rings. The van der Waals surface area contributed by atoms with Crippen LogP contribution in [0.5, 0.6) is 0 Å². The Kier molecular flexibility index (Phi) is 4.85. The van der Waals surface area contributed by atoms with Crippen molar-refractivity contribution in [2.75, 3.05) is 5.32 Å². The van der Waals surface area contributed by atoms with Crippen molar-refractivity contribution >= 4 is 17.6 Å². The maximum absolute atomic E-state index is 14.0. The van der Waals surface area contributed by atoms with Crippen LogP contribution in [0, 0.1) is 25.5 Å². The summed E-state index contributed by atoms with van der Waals surface area (Å²) in [5.41, 5.74) is 3.04. The van der Waals surface area contributed by atoms with Crippen LogP contribution in [0.1, 0.15) is 38.7 Å². The Morgan fingerprint density at radius 1 is 1.10 bits per heavy atom. The molecule has 0 fully saturated rings. The van der Waals surface area contributed by atoms with Gasteiger partial charge < -0.3 is 10.6 Å². The first-order valence-corrected chi connectivity index (χ1v) is 9.43. The molecule has 2 aromatic carbocycles. The molecule has 1 aliphatic heterocycles. The average Bonchev–Trinajstić information content (AvgIpc) is 2.98. The molecule has 0 spiro atoms. The van der Waals surface area contributed by atoms with Crippen LogP contribution in [0.2, 0.25) is 0 Å². The van der Waals surface area contributed by atoms with E-state index >= 15 is 0 Å². The van der Waals surface area contributed by atoms with Crippen LogP contribution in [-0.2, 0) is 11.8 Å². The third kappa shape index (κ3) is 3.34. The normalized spacial score (nSPS) is 18.0. The summed E-state index contributed by atoms with van der Waals surface area (Å²) in [6.07, 6.45) is 0. The monoisotopic (exact) mass is 410 g/mol. The zero-order valence-electron chi connectivity index (χ0n) is 16.7. The average molecular weight is 410 g/mol. The molecule has 8 heteroatoms. The molecule has 0 unspecified atom stereocenters. The Morgan fingerprint density at radius 2 is 1.80 bits per heavy atom. The third-order valence-corrected chi connectivity index (χ3v) is 5.34. The molecule has 0 radical (unpaired) electrons. The van der Waals surface area contributed by atoms with Crippen LogP contribution in [-0.4, -0.2) is 27.6 Å². The Balaban J connectivity index is 1.79. The lowest BCUT2D eigenvalue weighted by Gasteiger charge is -2.32. The van der Waals surface area contributed by atoms with Gasteiger partial charge in [-0.1, -0.05) is 23.8 Å². The van der Waals surface area contributed by atoms with Crippen molar-refractivity contribution in [1.82, 2.24) is 15.1 Å². The van der Waals surface area contributed by atoms with Crippen molar-refractivity contribution in [3.8, 4) is 0 Å². The number of aromatic nitrogens is 2. The van der Waals surface area contributed by atoms with Crippen molar-refractivity contribution in [2.45, 2.75) is 25.8 Å². The van der Waals surface area contributed by atoms with Gasteiger partial charge in [0.25, 0.3) is 5.91 Å². The number of amides is 2. The van der Waals surface area contributed by atoms with Gasteiger partial charge in [0.05, 0.1) is 5.69 Å². The maximum atomic E-state index is 14.0. The van der Waals surface area contributed by atoms with Crippen molar-refractivity contribution in [2.24, 2.45) is 7.05 Å². The number of benzene rings is 2. The smallest absolute Gasteiger partial charge is 0.251 e. The van der Waals surface area contributed by atoms with Crippen LogP contribution in [0.3, 0.4) is 0 Å². The zero-order chi connectivity index (χ0) is 21.6. The molecule has 1 aromatic heterocycles. The number of carbonyl (C=O) groups is 2. The van der Waals surface area contributed by atoms with Gasteiger partial charge in [-0.2, -0.15) is 5.10 Å². The van der Waals surface area contributed by atoms with Gasteiger partial charge >= 0.3 is 0 Å². The molecular formula is C22H20F2N4O2. The molecule has 2 N–H and O–H groups in total. The number of fused-ring (bicyclic) bond motifs is 1. The highest BCUT2D eigenvalue weighted by Gasteiger charge is 2.41. The molecule has 1 aliphatic rings. The van der Waals surface area contributed by atoms with Crippen LogP contribution in [0.25, 0.3) is 0 Å². The van der Waals surface area contributed by atoms with Crippen LogP contribution in [0.4, 0.5) is 14.6 Å². The summed E-state index contributed by atoms with van der Waals surface area (Å²) in [4.78, 5) is 25.8. The molecule has 0 aliphatic carbocycles. The van der Waals surface area contributed by atoms with E-state index in [9.17, 15) is 18.4 Å². The number of hydrogen-bond donors (Lipinski definition) is 2. The Hall–Kier alpha value is -3.55. The molecule has 0 saturated heterocycles. The third-order valence-electron chi connectivity index (χ3n) is 5.34. The van der Waals surface area contributed by atoms with E-state index in [1.165, 1.54) is 10.7 Å². The molecule has 4 rings (SSSR count). The second-order valence-corrected chi connectivity index (χ2v) is 7.43. The fraction of sp³-hybridized carbons (Fsp3) is 0.227. The second-order valence-electron chi connectivity index (χ2n) is 7.43. The highest BCUT2D eigenvalue weighted by Crippen LogP contribution is 2.39. The topological polar surface area (TPSA) is 76.0 Å². The molecule has 2 atom stereocenters. The number of carbonyl (C=O) groups excluding carboxylic acids is 2. The lowest BCUT2D eigenvalue weighted by molar-refractivity contribution is -0.118. The van der Waals surface area contributed by atoms with Crippen molar-refractivity contribution in [3.05, 3.63) is 82.0 Å². The minimum absolute atomic E-state index is 0.371. The Bertz CT molecular complexity index is 1150. The number of rotatable bonds is 3. The fourth-order valence-corrected chi connectivity index (χ4v) is 3.85. The molecule has 30 heavy (non-hydrogen) atoms. The lowest BCUT2D eigenvalue weighted by atomic mass is 9.81. The van der Waals surface area contributed by atoms with E-state index in [0.717, 1.165) is 17.7 Å². The van der Waals surface area contributed by atoms with Gasteiger partial charge in [0, 0.05) is 24.1 Å². The molecular weight excluding hydrogens is 390 g/mol. The Labute approximate surface area is 171 Å². The number of aryl methyl sites for hydroxylation is 3. The highest BCUT2D eigenvalue weighted by molar-refractivity contribution is 6.03. The SMILES string of the molecule is Cc1ccc(C(=O)N[C@H]2C(=O)Nc3c(c(C)nn3C)[C@H]2c2ccc(F)c(F)c2)cc1. The van der Waals surface area contributed by atoms with E-state index in [1.807, 2.05) is 6.92 Å². The Morgan fingerprint density at radius 3 is 2.47 bits per heavy atom. The molecule has 2 amide bonds. The van der Waals surface area contributed by atoms with Gasteiger partial charge in [0.2, 0.25) is 5.91 Å². The number of halogens is 2. The van der Waals surface area contributed by atoms with E-state index in [1.54, 1.807) is 38.2 Å². The predicted molar refractivity (Wildman–Crippen MR) is 107 cm³/mol. The van der Waals surface area contributed by atoms with Crippen molar-refractivity contribution in [1.29, 1.82) is 0 Å². The molecule has 154 valence electrons. The van der Waals surface area contributed by atoms with E-state index in [4.69, 9.17) is 0 Å². The van der Waals surface area contributed by atoms with E-state index in [0.29, 0.717) is 28.2 Å². The number of nitrogens with zero attached hydrogens (tertiary/aromatic N) is 2. The zero-order valence-corrected chi connectivity index (χ0v) is 16.7. The van der Waals surface area contributed by atoms with E-state index < -0.39 is 35.4 Å². The minimum Gasteiger partial charge on any atom is -0.339 e. The fourth-order valence-electron chi connectivity index (χ4n) is 3.85. The van der Waals surface area contributed by atoms with Gasteiger partial charge in [0.15, 0.2) is 11.6 Å². The highest BCUT2D eigenvalue weighted by atomic mass is 19.2. The van der Waals surface area contributed by atoms with E-state index in [-0.39, 0.29) is 0 Å². The number of nitrogens with one attached hydrogen (secondary N) is 2. The summed E-state index contributed by atoms with van der Waals surface area (Å²) in [6.45, 7) is 3.67. The number of hydrogen-bond acceptors (Lipinski definition) is 3. The van der Waals surface area contributed by atoms with Gasteiger partial charge in [0.1, 0.15) is 11.9 Å². The summed E-state index contributed by atoms with van der Waals surface area (Å²) >= 11 is 0. The van der Waals surface area contributed by atoms with Crippen LogP contribution < -0.4 is 10.6 Å². The molecule has 6 nitrogen and oxygen atoms in total. The van der Waals surface area contributed by atoms with Crippen molar-refractivity contribution in [3.63, 3.8) is 0 Å². The summed E-state index contributed by atoms with van der Waals surface area (Å²) in [5, 5.41) is 9.88. The van der Waals surface area contributed by atoms with E-state index in [2.05, 4.69) is 15.7 Å².